The van der Waals surface area contributed by atoms with Crippen LogP contribution < -0.4 is 4.74 Å². The number of ether oxygens (including phenoxy) is 1. The predicted octanol–water partition coefficient (Wildman–Crippen LogP) is 7.45. The normalized spacial score (nSPS) is 10.9. The minimum atomic E-state index is 0.793. The van der Waals surface area contributed by atoms with Crippen LogP contribution in [0.3, 0.4) is 0 Å². The molecular formula is C28H35NO. The molecule has 0 fully saturated rings. The molecule has 0 radical (unpaired) electrons. The van der Waals surface area contributed by atoms with Crippen molar-refractivity contribution in [2.24, 2.45) is 0 Å². The Hall–Kier alpha value is -2.61. The first-order chi connectivity index (χ1) is 14.8. The third kappa shape index (κ3) is 7.02. The number of benzene rings is 2. The lowest BCUT2D eigenvalue weighted by Gasteiger charge is -2.08. The molecule has 0 saturated carbocycles. The van der Waals surface area contributed by atoms with Crippen molar-refractivity contribution >= 4 is 0 Å². The second kappa shape index (κ2) is 12.2. The van der Waals surface area contributed by atoms with Gasteiger partial charge in [-0.3, -0.25) is 4.98 Å². The molecule has 2 heteroatoms. The lowest BCUT2D eigenvalue weighted by molar-refractivity contribution is 0.306. The molecule has 2 aromatic carbocycles. The maximum atomic E-state index is 5.80. The predicted molar refractivity (Wildman–Crippen MR) is 127 cm³/mol. The van der Waals surface area contributed by atoms with E-state index in [1.807, 2.05) is 18.3 Å². The van der Waals surface area contributed by atoms with Crippen LogP contribution in [0.15, 0.2) is 66.9 Å². The zero-order valence-electron chi connectivity index (χ0n) is 18.6. The summed E-state index contributed by atoms with van der Waals surface area (Å²) in [5.41, 5.74) is 6.27. The first kappa shape index (κ1) is 22.1. The third-order valence-corrected chi connectivity index (χ3v) is 5.54. The van der Waals surface area contributed by atoms with Crippen LogP contribution >= 0.6 is 0 Å². The second-order valence-corrected chi connectivity index (χ2v) is 8.05. The van der Waals surface area contributed by atoms with Gasteiger partial charge in [0.25, 0.3) is 0 Å². The molecule has 3 aromatic rings. The highest BCUT2D eigenvalue weighted by Crippen LogP contribution is 2.21. The van der Waals surface area contributed by atoms with Crippen molar-refractivity contribution in [3.63, 3.8) is 0 Å². The summed E-state index contributed by atoms with van der Waals surface area (Å²) in [5, 5.41) is 0. The molecule has 0 aliphatic carbocycles. The molecular weight excluding hydrogens is 366 g/mol. The Morgan fingerprint density at radius 2 is 1.27 bits per heavy atom. The van der Waals surface area contributed by atoms with Crippen LogP contribution in [0, 0.1) is 0 Å². The van der Waals surface area contributed by atoms with Gasteiger partial charge in [-0.05, 0) is 79.1 Å². The highest BCUT2D eigenvalue weighted by molar-refractivity contribution is 5.60. The van der Waals surface area contributed by atoms with E-state index in [0.717, 1.165) is 42.9 Å². The van der Waals surface area contributed by atoms with Gasteiger partial charge in [-0.1, -0.05) is 63.4 Å². The molecule has 2 nitrogen and oxygen atoms in total. The van der Waals surface area contributed by atoms with E-state index in [1.165, 1.54) is 48.8 Å². The van der Waals surface area contributed by atoms with E-state index in [0.29, 0.717) is 0 Å². The number of aromatic nitrogens is 1. The summed E-state index contributed by atoms with van der Waals surface area (Å²) in [6.45, 7) is 5.24. The molecule has 1 aromatic heterocycles. The van der Waals surface area contributed by atoms with E-state index < -0.39 is 0 Å². The molecule has 0 aliphatic rings. The Bertz CT molecular complexity index is 851. The zero-order chi connectivity index (χ0) is 21.0. The lowest BCUT2D eigenvalue weighted by Crippen LogP contribution is -1.97. The minimum absolute atomic E-state index is 0.793. The van der Waals surface area contributed by atoms with Crippen molar-refractivity contribution in [1.82, 2.24) is 4.98 Å². The Labute approximate surface area is 182 Å². The summed E-state index contributed by atoms with van der Waals surface area (Å²) < 4.78 is 5.80. The summed E-state index contributed by atoms with van der Waals surface area (Å²) >= 11 is 0. The monoisotopic (exact) mass is 401 g/mol. The van der Waals surface area contributed by atoms with Crippen LogP contribution in [0.1, 0.15) is 62.6 Å². The Morgan fingerprint density at radius 3 is 1.90 bits per heavy atom. The van der Waals surface area contributed by atoms with Gasteiger partial charge in [-0.25, -0.2) is 0 Å². The molecule has 30 heavy (non-hydrogen) atoms. The van der Waals surface area contributed by atoms with E-state index in [4.69, 9.17) is 4.74 Å². The van der Waals surface area contributed by atoms with Crippen molar-refractivity contribution in [2.45, 2.75) is 65.2 Å². The van der Waals surface area contributed by atoms with Crippen LogP contribution in [0.25, 0.3) is 11.3 Å². The third-order valence-electron chi connectivity index (χ3n) is 5.54. The van der Waals surface area contributed by atoms with Crippen molar-refractivity contribution in [2.75, 3.05) is 6.61 Å². The summed E-state index contributed by atoms with van der Waals surface area (Å²) in [6.07, 6.45) is 11.4. The Balaban J connectivity index is 1.49. The molecule has 0 bridgehead atoms. The largest absolute Gasteiger partial charge is 0.494 e. The van der Waals surface area contributed by atoms with Gasteiger partial charge < -0.3 is 4.74 Å². The van der Waals surface area contributed by atoms with Gasteiger partial charge >= 0.3 is 0 Å². The first-order valence-corrected chi connectivity index (χ1v) is 11.5. The maximum absolute atomic E-state index is 5.80. The van der Waals surface area contributed by atoms with E-state index in [2.05, 4.69) is 67.4 Å². The van der Waals surface area contributed by atoms with Crippen LogP contribution in [0.4, 0.5) is 0 Å². The SMILES string of the molecule is CCCCCOc1ccc(-c2ccc(CCc3ccc(CCCC)cc3)cn2)cc1. The second-order valence-electron chi connectivity index (χ2n) is 8.05. The summed E-state index contributed by atoms with van der Waals surface area (Å²) in [6, 6.07) is 21.7. The van der Waals surface area contributed by atoms with Gasteiger partial charge in [0.1, 0.15) is 5.75 Å². The standard InChI is InChI=1S/C28H35NO/c1-3-5-7-21-30-27-18-16-26(17-19-27)28-20-15-25(22-29-28)14-13-24-11-9-23(10-12-24)8-6-4-2/h9-12,15-20,22H,3-8,13-14,21H2,1-2H3. The van der Waals surface area contributed by atoms with Gasteiger partial charge in [-0.15, -0.1) is 0 Å². The van der Waals surface area contributed by atoms with E-state index in [9.17, 15) is 0 Å². The molecule has 0 atom stereocenters. The Morgan fingerprint density at radius 1 is 0.633 bits per heavy atom. The van der Waals surface area contributed by atoms with Crippen molar-refractivity contribution in [1.29, 1.82) is 0 Å². The highest BCUT2D eigenvalue weighted by atomic mass is 16.5. The van der Waals surface area contributed by atoms with Gasteiger partial charge in [0.05, 0.1) is 12.3 Å². The number of hydrogen-bond donors (Lipinski definition) is 0. The number of unbranched alkanes of at least 4 members (excludes halogenated alkanes) is 3. The van der Waals surface area contributed by atoms with Crippen LogP contribution in [-0.4, -0.2) is 11.6 Å². The summed E-state index contributed by atoms with van der Waals surface area (Å²) in [7, 11) is 0. The number of hydrogen-bond acceptors (Lipinski definition) is 2. The van der Waals surface area contributed by atoms with E-state index in [-0.39, 0.29) is 0 Å². The van der Waals surface area contributed by atoms with Gasteiger partial charge in [0, 0.05) is 11.8 Å². The summed E-state index contributed by atoms with van der Waals surface area (Å²) in [4.78, 5) is 4.68. The fourth-order valence-corrected chi connectivity index (χ4v) is 3.55. The van der Waals surface area contributed by atoms with E-state index in [1.54, 1.807) is 0 Å². The van der Waals surface area contributed by atoms with Gasteiger partial charge in [0.15, 0.2) is 0 Å². The molecule has 0 saturated heterocycles. The smallest absolute Gasteiger partial charge is 0.119 e. The number of rotatable bonds is 12. The lowest BCUT2D eigenvalue weighted by atomic mass is 10.0. The minimum Gasteiger partial charge on any atom is -0.494 e. The molecule has 0 N–H and O–H groups in total. The van der Waals surface area contributed by atoms with Crippen molar-refractivity contribution in [3.05, 3.63) is 83.6 Å². The van der Waals surface area contributed by atoms with Gasteiger partial charge in [0.2, 0.25) is 0 Å². The molecule has 0 spiro atoms. The number of pyridine rings is 1. The van der Waals surface area contributed by atoms with Crippen LogP contribution in [0.5, 0.6) is 5.75 Å². The molecule has 0 unspecified atom stereocenters. The van der Waals surface area contributed by atoms with Crippen LogP contribution in [0.2, 0.25) is 0 Å². The molecule has 1 heterocycles. The summed E-state index contributed by atoms with van der Waals surface area (Å²) in [5.74, 6) is 0.937. The number of aryl methyl sites for hydroxylation is 3. The van der Waals surface area contributed by atoms with Gasteiger partial charge in [-0.2, -0.15) is 0 Å². The van der Waals surface area contributed by atoms with Crippen molar-refractivity contribution < 1.29 is 4.74 Å². The average Bonchev–Trinajstić information content (AvgIpc) is 2.81. The van der Waals surface area contributed by atoms with Crippen LogP contribution in [-0.2, 0) is 19.3 Å². The maximum Gasteiger partial charge on any atom is 0.119 e. The Kier molecular flexibility index (Phi) is 8.96. The quantitative estimate of drug-likeness (QED) is 0.294. The van der Waals surface area contributed by atoms with E-state index >= 15 is 0 Å². The fourth-order valence-electron chi connectivity index (χ4n) is 3.55. The zero-order valence-corrected chi connectivity index (χ0v) is 18.6. The highest BCUT2D eigenvalue weighted by Gasteiger charge is 2.03. The molecule has 158 valence electrons. The molecule has 0 amide bonds. The molecule has 0 aliphatic heterocycles. The fraction of sp³-hybridized carbons (Fsp3) is 0.393. The topological polar surface area (TPSA) is 22.1 Å². The van der Waals surface area contributed by atoms with Crippen molar-refractivity contribution in [3.8, 4) is 17.0 Å². The first-order valence-electron chi connectivity index (χ1n) is 11.5. The average molecular weight is 402 g/mol. The molecule has 3 rings (SSSR count). The number of nitrogens with zero attached hydrogens (tertiary/aromatic N) is 1.